The summed E-state index contributed by atoms with van der Waals surface area (Å²) < 4.78 is 19.2. The summed E-state index contributed by atoms with van der Waals surface area (Å²) in [4.78, 5) is 13.6. The predicted molar refractivity (Wildman–Crippen MR) is 156 cm³/mol. The van der Waals surface area contributed by atoms with E-state index in [0.717, 1.165) is 12.0 Å². The Hall–Kier alpha value is -1.59. The van der Waals surface area contributed by atoms with Crippen molar-refractivity contribution in [2.75, 3.05) is 0 Å². The Morgan fingerprint density at radius 1 is 1.07 bits per heavy atom. The van der Waals surface area contributed by atoms with Crippen molar-refractivity contribution in [3.05, 3.63) is 35.3 Å². The lowest BCUT2D eigenvalue weighted by molar-refractivity contribution is -0.170. The van der Waals surface area contributed by atoms with E-state index in [0.29, 0.717) is 43.6 Å². The second kappa shape index (κ2) is 10.2. The quantitative estimate of drug-likeness (QED) is 0.326. The second-order valence-corrected chi connectivity index (χ2v) is 15.6. The zero-order valence-corrected chi connectivity index (χ0v) is 26.4. The minimum atomic E-state index is -1.24. The first kappa shape index (κ1) is 31.4. The molecule has 43 heavy (non-hydrogen) atoms. The number of aliphatic hydroxyl groups excluding tert-OH is 3. The molecule has 240 valence electrons. The Kier molecular flexibility index (Phi) is 7.45. The van der Waals surface area contributed by atoms with Crippen LogP contribution in [0.4, 0.5) is 0 Å². The molecule has 0 unspecified atom stereocenters. The van der Waals surface area contributed by atoms with Crippen molar-refractivity contribution < 1.29 is 44.2 Å². The molecular formula is C34H50O9. The molecule has 6 rings (SSSR count). The molecule has 9 heteroatoms. The van der Waals surface area contributed by atoms with Crippen molar-refractivity contribution in [2.24, 2.45) is 34.5 Å². The van der Waals surface area contributed by atoms with Crippen LogP contribution >= 0.6 is 0 Å². The maximum absolute atomic E-state index is 13.6. The van der Waals surface area contributed by atoms with Gasteiger partial charge < -0.3 is 39.4 Å². The lowest BCUT2D eigenvalue weighted by atomic mass is 9.45. The summed E-state index contributed by atoms with van der Waals surface area (Å²) in [6.45, 7) is 11.6. The first-order valence-electron chi connectivity index (χ1n) is 16.1. The number of carbonyl (C=O) groups is 1. The molecular weight excluding hydrogens is 552 g/mol. The molecule has 5 aliphatic rings. The molecule has 4 fully saturated rings. The van der Waals surface area contributed by atoms with Gasteiger partial charge in [0.25, 0.3) is 0 Å². The van der Waals surface area contributed by atoms with Gasteiger partial charge in [-0.2, -0.15) is 0 Å². The molecule has 4 aliphatic carbocycles. The van der Waals surface area contributed by atoms with E-state index in [-0.39, 0.29) is 42.5 Å². The summed E-state index contributed by atoms with van der Waals surface area (Å²) in [7, 11) is 0. The number of carbonyl (C=O) groups excluding carboxylic acids is 1. The lowest BCUT2D eigenvalue weighted by Crippen LogP contribution is -2.62. The van der Waals surface area contributed by atoms with Gasteiger partial charge in [-0.25, -0.2) is 0 Å². The molecule has 0 bridgehead atoms. The second-order valence-electron chi connectivity index (χ2n) is 15.6. The number of aliphatic hydroxyl groups is 5. The van der Waals surface area contributed by atoms with Gasteiger partial charge in [-0.3, -0.25) is 4.79 Å². The van der Waals surface area contributed by atoms with Crippen LogP contribution in [0.1, 0.15) is 104 Å². The Balaban J connectivity index is 1.36. The number of hydrogen-bond donors (Lipinski definition) is 5. The SMILES string of the molecule is C[C@@H](C[C@H]1O[C@@H](c2ccc(CO)o2)O[C@]1(C)[C@H]1CC[C@@]2(O)C3=CC(=O)[C@@H]4C[C@@H](O)[C@@H](O)C[C@]4(C)[C@H]3CC[C@]12C)C(C)(C)O. The highest BCUT2D eigenvalue weighted by Crippen LogP contribution is 2.70. The van der Waals surface area contributed by atoms with E-state index >= 15 is 0 Å². The van der Waals surface area contributed by atoms with Crippen LogP contribution in [0.15, 0.2) is 28.2 Å². The highest BCUT2D eigenvalue weighted by molar-refractivity contribution is 5.95. The Labute approximate surface area is 254 Å². The van der Waals surface area contributed by atoms with E-state index < -0.39 is 52.2 Å². The van der Waals surface area contributed by atoms with Crippen LogP contribution in [0.25, 0.3) is 0 Å². The smallest absolute Gasteiger partial charge is 0.218 e. The Morgan fingerprint density at radius 3 is 2.44 bits per heavy atom. The van der Waals surface area contributed by atoms with E-state index in [2.05, 4.69) is 20.8 Å². The van der Waals surface area contributed by atoms with Crippen LogP contribution in [0.5, 0.6) is 0 Å². The molecule has 1 aromatic heterocycles. The summed E-state index contributed by atoms with van der Waals surface area (Å²) in [5.74, 6) is 0.119. The van der Waals surface area contributed by atoms with Crippen molar-refractivity contribution >= 4 is 5.78 Å². The van der Waals surface area contributed by atoms with Gasteiger partial charge in [0, 0.05) is 11.3 Å². The van der Waals surface area contributed by atoms with Crippen LogP contribution in [0.2, 0.25) is 0 Å². The van der Waals surface area contributed by atoms with Crippen LogP contribution in [-0.2, 0) is 20.9 Å². The maximum atomic E-state index is 13.6. The molecule has 2 heterocycles. The Bertz CT molecular complexity index is 1280. The van der Waals surface area contributed by atoms with E-state index in [1.807, 2.05) is 6.92 Å². The normalized spacial score (nSPS) is 47.1. The minimum absolute atomic E-state index is 0.0677. The third kappa shape index (κ3) is 4.55. The maximum Gasteiger partial charge on any atom is 0.218 e. The summed E-state index contributed by atoms with van der Waals surface area (Å²) in [6, 6.07) is 3.45. The largest absolute Gasteiger partial charge is 0.458 e. The molecule has 12 atom stereocenters. The summed E-state index contributed by atoms with van der Waals surface area (Å²) >= 11 is 0. The molecule has 1 saturated heterocycles. The van der Waals surface area contributed by atoms with E-state index in [1.54, 1.807) is 32.1 Å². The van der Waals surface area contributed by atoms with Crippen molar-refractivity contribution in [2.45, 2.75) is 135 Å². The first-order chi connectivity index (χ1) is 20.0. The van der Waals surface area contributed by atoms with Crippen molar-refractivity contribution in [1.82, 2.24) is 0 Å². The van der Waals surface area contributed by atoms with Gasteiger partial charge in [0.2, 0.25) is 6.29 Å². The van der Waals surface area contributed by atoms with Crippen molar-refractivity contribution in [3.8, 4) is 0 Å². The fourth-order valence-corrected chi connectivity index (χ4v) is 9.85. The number of ether oxygens (including phenoxy) is 2. The standard InChI is InChI=1S/C34H50O9/c1-18(30(2,3)39)13-28-33(6,43-29(42-28)26-8-7-19(17-35)41-26)27-10-12-34(40)21-14-23(36)22-15-24(37)25(38)16-31(22,4)20(21)9-11-32(27,34)5/h7-8,14,18,20,22,24-25,27-29,35,37-40H,9-13,15-17H2,1-6H3/t18-,20-,22-,24+,25-,27-,28+,29+,31+,32+,33+,34+/m0/s1. The van der Waals surface area contributed by atoms with E-state index in [4.69, 9.17) is 13.9 Å². The fourth-order valence-electron chi connectivity index (χ4n) is 9.85. The topological polar surface area (TPSA) is 150 Å². The molecule has 0 spiro atoms. The number of rotatable bonds is 6. The number of hydrogen-bond acceptors (Lipinski definition) is 9. The van der Waals surface area contributed by atoms with Gasteiger partial charge in [0.1, 0.15) is 12.4 Å². The molecule has 9 nitrogen and oxygen atoms in total. The molecule has 1 aliphatic heterocycles. The van der Waals surface area contributed by atoms with Gasteiger partial charge in [-0.1, -0.05) is 20.8 Å². The highest BCUT2D eigenvalue weighted by Gasteiger charge is 2.71. The minimum Gasteiger partial charge on any atom is -0.458 e. The molecule has 0 aromatic carbocycles. The molecule has 0 radical (unpaired) electrons. The number of allylic oxidation sites excluding steroid dienone is 1. The monoisotopic (exact) mass is 602 g/mol. The number of fused-ring (bicyclic) bond motifs is 5. The lowest BCUT2D eigenvalue weighted by Gasteiger charge is -2.60. The summed E-state index contributed by atoms with van der Waals surface area (Å²) in [5, 5.41) is 54.2. The number of ketones is 1. The Morgan fingerprint density at radius 2 is 1.79 bits per heavy atom. The average Bonchev–Trinajstić information content (AvgIpc) is 3.60. The van der Waals surface area contributed by atoms with E-state index in [9.17, 15) is 30.3 Å². The number of furan rings is 1. The van der Waals surface area contributed by atoms with Gasteiger partial charge in [-0.05, 0) is 113 Å². The van der Waals surface area contributed by atoms with Gasteiger partial charge in [0.05, 0.1) is 35.1 Å². The van der Waals surface area contributed by atoms with Crippen LogP contribution in [-0.4, -0.2) is 66.4 Å². The predicted octanol–water partition coefficient (Wildman–Crippen LogP) is 3.95. The molecule has 5 N–H and O–H groups in total. The third-order valence-corrected chi connectivity index (χ3v) is 12.9. The zero-order chi connectivity index (χ0) is 31.3. The summed E-state index contributed by atoms with van der Waals surface area (Å²) in [6.07, 6.45) is 2.35. The van der Waals surface area contributed by atoms with E-state index in [1.165, 1.54) is 0 Å². The highest BCUT2D eigenvalue weighted by atomic mass is 16.7. The van der Waals surface area contributed by atoms with Crippen LogP contribution < -0.4 is 0 Å². The average molecular weight is 603 g/mol. The summed E-state index contributed by atoms with van der Waals surface area (Å²) in [5.41, 5.74) is -3.42. The van der Waals surface area contributed by atoms with Gasteiger partial charge >= 0.3 is 0 Å². The third-order valence-electron chi connectivity index (χ3n) is 12.9. The van der Waals surface area contributed by atoms with Crippen LogP contribution in [0, 0.1) is 34.5 Å². The zero-order valence-electron chi connectivity index (χ0n) is 26.4. The molecule has 0 amide bonds. The van der Waals surface area contributed by atoms with Crippen molar-refractivity contribution in [1.29, 1.82) is 0 Å². The fraction of sp³-hybridized carbons (Fsp3) is 0.794. The van der Waals surface area contributed by atoms with Gasteiger partial charge in [-0.15, -0.1) is 0 Å². The van der Waals surface area contributed by atoms with Crippen molar-refractivity contribution in [3.63, 3.8) is 0 Å². The molecule has 1 aromatic rings. The van der Waals surface area contributed by atoms with Crippen LogP contribution in [0.3, 0.4) is 0 Å². The van der Waals surface area contributed by atoms with Gasteiger partial charge in [0.15, 0.2) is 11.5 Å². The molecule has 3 saturated carbocycles. The first-order valence-corrected chi connectivity index (χ1v) is 16.1.